The van der Waals surface area contributed by atoms with Crippen molar-refractivity contribution in [3.8, 4) is 0 Å². The van der Waals surface area contributed by atoms with Crippen molar-refractivity contribution in [3.05, 3.63) is 70.3 Å². The smallest absolute Gasteiger partial charge is 0.378 e. The first-order chi connectivity index (χ1) is 17.4. The molecule has 198 valence electrons. The first-order valence-corrected chi connectivity index (χ1v) is 12.0. The van der Waals surface area contributed by atoms with Gasteiger partial charge in [-0.15, -0.1) is 0 Å². The summed E-state index contributed by atoms with van der Waals surface area (Å²) in [7, 11) is 2.11. The monoisotopic (exact) mass is 538 g/mol. The lowest BCUT2D eigenvalue weighted by Crippen LogP contribution is -2.36. The largest absolute Gasteiger partial charge is 0.390 e. The fourth-order valence-corrected chi connectivity index (χ4v) is 3.89. The molecule has 2 aromatic rings. The molecule has 2 amide bonds. The number of allylic oxidation sites excluding steroid dienone is 1. The summed E-state index contributed by atoms with van der Waals surface area (Å²) >= 11 is 0. The summed E-state index contributed by atoms with van der Waals surface area (Å²) in [5, 5.41) is 13.2. The number of hydrogen-bond donors (Lipinski definition) is 3. The summed E-state index contributed by atoms with van der Waals surface area (Å²) in [5.41, 5.74) is 2.04. The second kappa shape index (κ2) is 12.3. The number of morpholine rings is 1. The van der Waals surface area contributed by atoms with E-state index in [1.165, 1.54) is 18.2 Å². The number of amides is 2. The van der Waals surface area contributed by atoms with Crippen LogP contribution in [0.25, 0.3) is 0 Å². The second-order valence-corrected chi connectivity index (χ2v) is 9.04. The van der Waals surface area contributed by atoms with Crippen LogP contribution in [-0.4, -0.2) is 56.6 Å². The van der Waals surface area contributed by atoms with Gasteiger partial charge in [0.05, 0.1) is 25.3 Å². The molecule has 7 nitrogen and oxygen atoms in total. The molecule has 0 spiro atoms. The van der Waals surface area contributed by atoms with Gasteiger partial charge >= 0.3 is 6.18 Å². The standard InChI is InChI=1S/C25H27F4N4O3P/c1-15-2-3-18(13-20(15)21(30)14-22(37)24(35)31-5-4-25(27,28)29)32-23(34)16-10-17(26)12-19(11-16)33-6-8-36-9-7-33/h2-3,10-14,30H,4-9,37H2,1H3,(H,31,35)(H,32,34)/b22-14-,30-21?. The van der Waals surface area contributed by atoms with Gasteiger partial charge < -0.3 is 25.7 Å². The van der Waals surface area contributed by atoms with Crippen LogP contribution in [0.15, 0.2) is 47.8 Å². The summed E-state index contributed by atoms with van der Waals surface area (Å²) in [6.07, 6.45) is -4.33. The zero-order chi connectivity index (χ0) is 27.2. The van der Waals surface area contributed by atoms with E-state index in [0.29, 0.717) is 48.8 Å². The Hall–Kier alpha value is -3.30. The SMILES string of the molecule is Cc1ccc(NC(=O)c2cc(F)cc(N3CCOCC3)c2)cc1C(=N)/C=C(\P)C(=O)NCCC(F)(F)F. The van der Waals surface area contributed by atoms with Gasteiger partial charge in [-0.1, -0.05) is 15.3 Å². The average Bonchev–Trinajstić information content (AvgIpc) is 2.84. The summed E-state index contributed by atoms with van der Waals surface area (Å²) in [4.78, 5) is 26.9. The number of aryl methyl sites for hydroxylation is 1. The molecule has 2 aromatic carbocycles. The molecule has 0 bridgehead atoms. The number of ether oxygens (including phenoxy) is 1. The number of carbonyl (C=O) groups is 2. The molecule has 1 fully saturated rings. The average molecular weight is 538 g/mol. The molecule has 37 heavy (non-hydrogen) atoms. The van der Waals surface area contributed by atoms with E-state index in [-0.39, 0.29) is 16.6 Å². The third-order valence-electron chi connectivity index (χ3n) is 5.56. The lowest BCUT2D eigenvalue weighted by atomic mass is 10.0. The second-order valence-electron chi connectivity index (χ2n) is 8.42. The van der Waals surface area contributed by atoms with Crippen molar-refractivity contribution < 1.29 is 31.9 Å². The van der Waals surface area contributed by atoms with Gasteiger partial charge in [-0.05, 0) is 48.9 Å². The van der Waals surface area contributed by atoms with Crippen molar-refractivity contribution in [2.75, 3.05) is 43.1 Å². The summed E-state index contributed by atoms with van der Waals surface area (Å²) in [6.45, 7) is 3.35. The van der Waals surface area contributed by atoms with E-state index in [0.717, 1.165) is 6.07 Å². The predicted octanol–water partition coefficient (Wildman–Crippen LogP) is 4.42. The highest BCUT2D eigenvalue weighted by atomic mass is 31.0. The quantitative estimate of drug-likeness (QED) is 0.201. The third-order valence-corrected chi connectivity index (χ3v) is 5.99. The molecule has 0 aromatic heterocycles. The maximum Gasteiger partial charge on any atom is 0.390 e. The maximum absolute atomic E-state index is 14.3. The highest BCUT2D eigenvalue weighted by Crippen LogP contribution is 2.23. The van der Waals surface area contributed by atoms with E-state index in [9.17, 15) is 27.2 Å². The summed E-state index contributed by atoms with van der Waals surface area (Å²) < 4.78 is 56.4. The number of halogens is 4. The molecule has 0 aliphatic carbocycles. The minimum Gasteiger partial charge on any atom is -0.378 e. The van der Waals surface area contributed by atoms with Crippen molar-refractivity contribution in [1.29, 1.82) is 5.41 Å². The van der Waals surface area contributed by atoms with E-state index < -0.39 is 36.8 Å². The van der Waals surface area contributed by atoms with E-state index in [2.05, 4.69) is 19.9 Å². The first-order valence-electron chi connectivity index (χ1n) is 11.4. The number of anilines is 2. The highest BCUT2D eigenvalue weighted by Gasteiger charge is 2.26. The van der Waals surface area contributed by atoms with Crippen molar-refractivity contribution >= 4 is 38.1 Å². The Balaban J connectivity index is 1.71. The first kappa shape index (κ1) is 28.3. The molecule has 1 heterocycles. The van der Waals surface area contributed by atoms with Gasteiger partial charge in [-0.25, -0.2) is 4.39 Å². The molecule has 3 N–H and O–H groups in total. The van der Waals surface area contributed by atoms with Crippen LogP contribution in [0, 0.1) is 18.2 Å². The maximum atomic E-state index is 14.3. The lowest BCUT2D eigenvalue weighted by molar-refractivity contribution is -0.134. The van der Waals surface area contributed by atoms with Crippen LogP contribution in [0.5, 0.6) is 0 Å². The van der Waals surface area contributed by atoms with Gasteiger partial charge in [0, 0.05) is 47.5 Å². The van der Waals surface area contributed by atoms with Crippen LogP contribution in [0.1, 0.15) is 27.9 Å². The molecule has 1 aliphatic rings. The number of alkyl halides is 3. The number of nitrogens with one attached hydrogen (secondary N) is 3. The number of benzene rings is 2. The Labute approximate surface area is 214 Å². The molecule has 1 unspecified atom stereocenters. The highest BCUT2D eigenvalue weighted by molar-refractivity contribution is 7.25. The molecule has 1 saturated heterocycles. The molecule has 0 saturated carbocycles. The van der Waals surface area contributed by atoms with Crippen molar-refractivity contribution in [3.63, 3.8) is 0 Å². The van der Waals surface area contributed by atoms with Gasteiger partial charge in [-0.3, -0.25) is 9.59 Å². The summed E-state index contributed by atoms with van der Waals surface area (Å²) in [6, 6.07) is 8.93. The van der Waals surface area contributed by atoms with Gasteiger partial charge in [0.15, 0.2) is 0 Å². The van der Waals surface area contributed by atoms with Crippen LogP contribution >= 0.6 is 9.24 Å². The Morgan fingerprint density at radius 1 is 1.16 bits per heavy atom. The van der Waals surface area contributed by atoms with Crippen molar-refractivity contribution in [1.82, 2.24) is 5.32 Å². The minimum atomic E-state index is -4.39. The van der Waals surface area contributed by atoms with Crippen LogP contribution in [0.4, 0.5) is 28.9 Å². The number of rotatable bonds is 8. The van der Waals surface area contributed by atoms with Gasteiger partial charge in [-0.2, -0.15) is 13.2 Å². The van der Waals surface area contributed by atoms with Crippen LogP contribution in [0.3, 0.4) is 0 Å². The number of nitrogens with zero attached hydrogens (tertiary/aromatic N) is 1. The van der Waals surface area contributed by atoms with Gasteiger partial charge in [0.2, 0.25) is 0 Å². The molecule has 0 radical (unpaired) electrons. The zero-order valence-corrected chi connectivity index (χ0v) is 21.2. The van der Waals surface area contributed by atoms with E-state index in [4.69, 9.17) is 10.1 Å². The lowest BCUT2D eigenvalue weighted by Gasteiger charge is -2.29. The Kier molecular flexibility index (Phi) is 9.39. The number of carbonyl (C=O) groups excluding carboxylic acids is 2. The molecule has 12 heteroatoms. The zero-order valence-electron chi connectivity index (χ0n) is 20.0. The third kappa shape index (κ3) is 8.36. The van der Waals surface area contributed by atoms with E-state index >= 15 is 0 Å². The minimum absolute atomic E-state index is 0.0172. The van der Waals surface area contributed by atoms with Gasteiger partial charge in [0.25, 0.3) is 11.8 Å². The van der Waals surface area contributed by atoms with E-state index in [1.807, 2.05) is 4.90 Å². The topological polar surface area (TPSA) is 94.5 Å². The molecule has 1 atom stereocenters. The van der Waals surface area contributed by atoms with Crippen LogP contribution < -0.4 is 15.5 Å². The fraction of sp³-hybridized carbons (Fsp3) is 0.320. The van der Waals surface area contributed by atoms with E-state index in [1.54, 1.807) is 25.1 Å². The normalized spacial score (nSPS) is 14.3. The van der Waals surface area contributed by atoms with Gasteiger partial charge in [0.1, 0.15) is 5.82 Å². The number of hydrogen-bond acceptors (Lipinski definition) is 5. The Morgan fingerprint density at radius 3 is 2.54 bits per heavy atom. The van der Waals surface area contributed by atoms with Crippen molar-refractivity contribution in [2.24, 2.45) is 0 Å². The molecular weight excluding hydrogens is 511 g/mol. The molecule has 3 rings (SSSR count). The molecular formula is C25H27F4N4O3P. The summed E-state index contributed by atoms with van der Waals surface area (Å²) in [5.74, 6) is -1.84. The predicted molar refractivity (Wildman–Crippen MR) is 137 cm³/mol. The van der Waals surface area contributed by atoms with Crippen LogP contribution in [-0.2, 0) is 9.53 Å². The van der Waals surface area contributed by atoms with Crippen molar-refractivity contribution in [2.45, 2.75) is 19.5 Å². The van der Waals surface area contributed by atoms with Crippen LogP contribution in [0.2, 0.25) is 0 Å². The Bertz CT molecular complexity index is 1210. The Morgan fingerprint density at radius 2 is 1.86 bits per heavy atom. The molecule has 1 aliphatic heterocycles. The fourth-order valence-electron chi connectivity index (χ4n) is 3.62.